The van der Waals surface area contributed by atoms with Gasteiger partial charge in [-0.2, -0.15) is 4.31 Å². The van der Waals surface area contributed by atoms with E-state index in [4.69, 9.17) is 0 Å². The van der Waals surface area contributed by atoms with Gasteiger partial charge in [-0.15, -0.1) is 11.3 Å². The Balaban J connectivity index is 2.53. The number of aromatic nitrogens is 2. The molecule has 0 spiro atoms. The number of nitrogens with zero attached hydrogens (tertiary/aromatic N) is 3. The van der Waals surface area contributed by atoms with Gasteiger partial charge in [0.15, 0.2) is 15.8 Å². The maximum atomic E-state index is 12.8. The largest absolute Gasteiger partial charge is 0.371 e. The Morgan fingerprint density at radius 1 is 1.45 bits per heavy atom. The lowest BCUT2D eigenvalue weighted by molar-refractivity contribution is 0.310. The fourth-order valence-corrected chi connectivity index (χ4v) is 4.49. The molecule has 0 bridgehead atoms. The number of nitrogens with one attached hydrogen (secondary N) is 1. The molecule has 8 heteroatoms. The first-order valence-corrected chi connectivity index (χ1v) is 8.58. The normalized spacial score (nSPS) is 13.3. The summed E-state index contributed by atoms with van der Waals surface area (Å²) in [5, 5.41) is 4.89. The number of rotatable bonds is 4. The van der Waals surface area contributed by atoms with Crippen molar-refractivity contribution in [3.05, 3.63) is 11.6 Å². The molecule has 0 fully saturated rings. The van der Waals surface area contributed by atoms with Crippen molar-refractivity contribution < 1.29 is 8.42 Å². The number of anilines is 1. The Hall–Kier alpha value is -1.12. The molecule has 112 valence electrons. The molecule has 0 aliphatic carbocycles. The fraction of sp³-hybridized carbons (Fsp3) is 0.583. The van der Waals surface area contributed by atoms with Gasteiger partial charge in [-0.25, -0.2) is 13.4 Å². The second-order valence-corrected chi connectivity index (χ2v) is 8.73. The van der Waals surface area contributed by atoms with Crippen LogP contribution in [0.4, 0.5) is 5.82 Å². The van der Waals surface area contributed by atoms with Gasteiger partial charge in [0.25, 0.3) is 10.0 Å². The van der Waals surface area contributed by atoms with Crippen LogP contribution in [0.1, 0.15) is 20.8 Å². The molecule has 6 nitrogen and oxygen atoms in total. The molecule has 2 aromatic heterocycles. The summed E-state index contributed by atoms with van der Waals surface area (Å²) in [5.41, 5.74) is -0.111. The lowest BCUT2D eigenvalue weighted by Crippen LogP contribution is -2.35. The molecule has 2 heterocycles. The van der Waals surface area contributed by atoms with Gasteiger partial charge in [0.2, 0.25) is 0 Å². The molecule has 0 aliphatic rings. The molecule has 0 saturated heterocycles. The van der Waals surface area contributed by atoms with Crippen LogP contribution in [0.15, 0.2) is 16.6 Å². The van der Waals surface area contributed by atoms with Crippen molar-refractivity contribution in [3.8, 4) is 0 Å². The monoisotopic (exact) mass is 316 g/mol. The van der Waals surface area contributed by atoms with Crippen molar-refractivity contribution in [2.24, 2.45) is 5.41 Å². The molecule has 0 aromatic carbocycles. The average molecular weight is 316 g/mol. The maximum absolute atomic E-state index is 12.8. The molecule has 0 unspecified atom stereocenters. The van der Waals surface area contributed by atoms with Crippen LogP contribution in [0, 0.1) is 5.41 Å². The topological polar surface area (TPSA) is 66.7 Å². The minimum Gasteiger partial charge on any atom is -0.371 e. The van der Waals surface area contributed by atoms with Gasteiger partial charge >= 0.3 is 0 Å². The molecular weight excluding hydrogens is 296 g/mol. The third kappa shape index (κ3) is 2.68. The Kier molecular flexibility index (Phi) is 3.83. The van der Waals surface area contributed by atoms with Gasteiger partial charge in [0.1, 0.15) is 0 Å². The number of fused-ring (bicyclic) bond motifs is 1. The van der Waals surface area contributed by atoms with Crippen molar-refractivity contribution in [1.29, 1.82) is 0 Å². The van der Waals surface area contributed by atoms with E-state index in [9.17, 15) is 8.42 Å². The molecule has 20 heavy (non-hydrogen) atoms. The molecule has 0 saturated carbocycles. The highest BCUT2D eigenvalue weighted by molar-refractivity contribution is 7.89. The lowest BCUT2D eigenvalue weighted by atomic mass is 9.97. The summed E-state index contributed by atoms with van der Waals surface area (Å²) in [7, 11) is -0.311. The van der Waals surface area contributed by atoms with Gasteiger partial charge < -0.3 is 5.32 Å². The molecule has 1 N–H and O–H groups in total. The van der Waals surface area contributed by atoms with Crippen LogP contribution in [-0.4, -0.2) is 42.7 Å². The van der Waals surface area contributed by atoms with E-state index in [0.717, 1.165) is 0 Å². The van der Waals surface area contributed by atoms with E-state index in [1.165, 1.54) is 15.6 Å². The summed E-state index contributed by atoms with van der Waals surface area (Å²) in [6, 6.07) is 0. The molecule has 0 amide bonds. The van der Waals surface area contributed by atoms with Crippen molar-refractivity contribution in [3.63, 3.8) is 0 Å². The van der Waals surface area contributed by atoms with Crippen molar-refractivity contribution >= 4 is 32.1 Å². The summed E-state index contributed by atoms with van der Waals surface area (Å²) in [4.78, 5) is 4.96. The summed E-state index contributed by atoms with van der Waals surface area (Å²) < 4.78 is 28.6. The predicted octanol–water partition coefficient (Wildman–Crippen LogP) is 2.10. The third-order valence-electron chi connectivity index (χ3n) is 2.81. The fourth-order valence-electron chi connectivity index (χ4n) is 2.07. The van der Waals surface area contributed by atoms with E-state index in [0.29, 0.717) is 17.3 Å². The SMILES string of the molecule is CNc1nc2sccn2c1S(=O)(=O)N(C)CC(C)(C)C. The molecule has 0 radical (unpaired) electrons. The highest BCUT2D eigenvalue weighted by Crippen LogP contribution is 2.28. The Labute approximate surface area is 123 Å². The minimum absolute atomic E-state index is 0.111. The second-order valence-electron chi connectivity index (χ2n) is 5.89. The van der Waals surface area contributed by atoms with E-state index in [1.807, 2.05) is 26.2 Å². The van der Waals surface area contributed by atoms with Crippen molar-refractivity contribution in [2.75, 3.05) is 26.0 Å². The number of imidazole rings is 1. The Morgan fingerprint density at radius 2 is 2.10 bits per heavy atom. The third-order valence-corrected chi connectivity index (χ3v) is 5.39. The average Bonchev–Trinajstić information content (AvgIpc) is 2.84. The first-order valence-electron chi connectivity index (χ1n) is 6.26. The molecule has 0 aliphatic heterocycles. The van der Waals surface area contributed by atoms with E-state index >= 15 is 0 Å². The van der Waals surface area contributed by atoms with Gasteiger partial charge in [-0.1, -0.05) is 20.8 Å². The Morgan fingerprint density at radius 3 is 2.65 bits per heavy atom. The standard InChI is InChI=1S/C12H20N4O2S2/c1-12(2,3)8-15(5)20(17,18)10-9(13-4)14-11-16(10)6-7-19-11/h6-7,13H,8H2,1-5H3. The van der Waals surface area contributed by atoms with Crippen LogP contribution in [0.2, 0.25) is 0 Å². The van der Waals surface area contributed by atoms with E-state index < -0.39 is 10.0 Å². The van der Waals surface area contributed by atoms with E-state index in [1.54, 1.807) is 24.7 Å². The van der Waals surface area contributed by atoms with Crippen LogP contribution in [0.5, 0.6) is 0 Å². The zero-order valence-electron chi connectivity index (χ0n) is 12.3. The summed E-state index contributed by atoms with van der Waals surface area (Å²) in [5.74, 6) is 0.387. The molecule has 0 atom stereocenters. The van der Waals surface area contributed by atoms with Crippen molar-refractivity contribution in [2.45, 2.75) is 25.8 Å². The second kappa shape index (κ2) is 5.01. The van der Waals surface area contributed by atoms with Crippen LogP contribution < -0.4 is 5.32 Å². The summed E-state index contributed by atoms with van der Waals surface area (Å²) in [6.45, 7) is 6.47. The maximum Gasteiger partial charge on any atom is 0.262 e. The lowest BCUT2D eigenvalue weighted by Gasteiger charge is -2.25. The van der Waals surface area contributed by atoms with Gasteiger partial charge in [0.05, 0.1) is 0 Å². The highest BCUT2D eigenvalue weighted by Gasteiger charge is 2.31. The quantitative estimate of drug-likeness (QED) is 0.938. The van der Waals surface area contributed by atoms with Crippen LogP contribution in [-0.2, 0) is 10.0 Å². The number of hydrogen-bond acceptors (Lipinski definition) is 5. The molecular formula is C12H20N4O2S2. The number of sulfonamides is 1. The van der Waals surface area contributed by atoms with Crippen LogP contribution in [0.25, 0.3) is 4.96 Å². The van der Waals surface area contributed by atoms with Crippen LogP contribution in [0.3, 0.4) is 0 Å². The first-order chi connectivity index (χ1) is 9.16. The Bertz CT molecular complexity index is 709. The summed E-state index contributed by atoms with van der Waals surface area (Å²) in [6.07, 6.45) is 1.73. The predicted molar refractivity (Wildman–Crippen MR) is 81.9 cm³/mol. The van der Waals surface area contributed by atoms with E-state index in [2.05, 4.69) is 10.3 Å². The smallest absolute Gasteiger partial charge is 0.262 e. The molecule has 2 aromatic rings. The van der Waals surface area contributed by atoms with Crippen molar-refractivity contribution in [1.82, 2.24) is 13.7 Å². The highest BCUT2D eigenvalue weighted by atomic mass is 32.2. The number of thiazole rings is 1. The van der Waals surface area contributed by atoms with Gasteiger partial charge in [-0.3, -0.25) is 4.40 Å². The van der Waals surface area contributed by atoms with E-state index in [-0.39, 0.29) is 10.4 Å². The van der Waals surface area contributed by atoms with Gasteiger partial charge in [-0.05, 0) is 5.41 Å². The minimum atomic E-state index is -3.59. The zero-order valence-corrected chi connectivity index (χ0v) is 14.0. The zero-order chi connectivity index (χ0) is 15.1. The first kappa shape index (κ1) is 15.3. The molecule has 2 rings (SSSR count). The number of hydrogen-bond donors (Lipinski definition) is 1. The van der Waals surface area contributed by atoms with Crippen LogP contribution >= 0.6 is 11.3 Å². The van der Waals surface area contributed by atoms with Gasteiger partial charge in [0, 0.05) is 32.2 Å². The summed E-state index contributed by atoms with van der Waals surface area (Å²) >= 11 is 1.41.